The molecule has 2 fully saturated rings. The quantitative estimate of drug-likeness (QED) is 0.413. The van der Waals surface area contributed by atoms with Crippen LogP contribution in [0.5, 0.6) is 0 Å². The lowest BCUT2D eigenvalue weighted by atomic mass is 9.91. The summed E-state index contributed by atoms with van der Waals surface area (Å²) in [4.78, 5) is 22.3. The summed E-state index contributed by atoms with van der Waals surface area (Å²) >= 11 is 0. The average Bonchev–Trinajstić information content (AvgIpc) is 3.19. The second kappa shape index (κ2) is 9.58. The molecule has 2 aromatic heterocycles. The van der Waals surface area contributed by atoms with Gasteiger partial charge in [-0.15, -0.1) is 0 Å². The third kappa shape index (κ3) is 4.22. The number of anilines is 1. The van der Waals surface area contributed by atoms with Crippen LogP contribution in [-0.2, 0) is 11.8 Å². The molecule has 0 aliphatic carbocycles. The zero-order valence-corrected chi connectivity index (χ0v) is 21.8. The molecule has 0 saturated carbocycles. The maximum Gasteiger partial charge on any atom is 0.270 e. The van der Waals surface area contributed by atoms with Crippen molar-refractivity contribution >= 4 is 22.1 Å². The van der Waals surface area contributed by atoms with Crippen molar-refractivity contribution in [2.24, 2.45) is 7.05 Å². The molecule has 2 saturated heterocycles. The van der Waals surface area contributed by atoms with Crippen molar-refractivity contribution in [2.45, 2.75) is 37.6 Å². The lowest BCUT2D eigenvalue weighted by Gasteiger charge is -2.36. The molecule has 0 N–H and O–H groups in total. The monoisotopic (exact) mass is 503 g/mol. The van der Waals surface area contributed by atoms with Gasteiger partial charge in [0, 0.05) is 50.3 Å². The highest BCUT2D eigenvalue weighted by Gasteiger charge is 2.26. The summed E-state index contributed by atoms with van der Waals surface area (Å²) in [5.74, 6) is -0.0453. The number of fused-ring (bicyclic) bond motifs is 3. The van der Waals surface area contributed by atoms with E-state index in [9.17, 15) is 4.79 Å². The van der Waals surface area contributed by atoms with Gasteiger partial charge in [0.25, 0.3) is 5.56 Å². The Kier molecular flexibility index (Phi) is 6.24. The Bertz CT molecular complexity index is 1510. The predicted molar refractivity (Wildman–Crippen MR) is 145 cm³/mol. The van der Waals surface area contributed by atoms with Gasteiger partial charge in [-0.1, -0.05) is 12.1 Å². The van der Waals surface area contributed by atoms with Crippen LogP contribution in [0.1, 0.15) is 37.2 Å². The first-order valence-electron chi connectivity index (χ1n) is 13.2. The molecule has 7 nitrogen and oxygen atoms in total. The molecule has 194 valence electrons. The summed E-state index contributed by atoms with van der Waals surface area (Å²) in [7, 11) is 6.01. The Balaban J connectivity index is 1.39. The molecule has 2 aliphatic rings. The molecule has 0 amide bonds. The highest BCUT2D eigenvalue weighted by molar-refractivity contribution is 5.97. The Morgan fingerprint density at radius 1 is 1.00 bits per heavy atom. The zero-order chi connectivity index (χ0) is 25.7. The Hall–Kier alpha value is -3.23. The number of ether oxygens (including phenoxy) is 1. The second-order valence-corrected chi connectivity index (χ2v) is 10.6. The van der Waals surface area contributed by atoms with Gasteiger partial charge in [0.2, 0.25) is 0 Å². The molecule has 2 aliphatic heterocycles. The molecule has 8 heteroatoms. The van der Waals surface area contributed by atoms with Crippen LogP contribution >= 0.6 is 0 Å². The first kappa shape index (κ1) is 24.1. The summed E-state index contributed by atoms with van der Waals surface area (Å²) in [5.41, 5.74) is 4.96. The highest BCUT2D eigenvalue weighted by atomic mass is 19.1. The van der Waals surface area contributed by atoms with E-state index in [1.807, 2.05) is 28.8 Å². The van der Waals surface area contributed by atoms with Crippen LogP contribution in [0.3, 0.4) is 0 Å². The fourth-order valence-electron chi connectivity index (χ4n) is 6.11. The second-order valence-electron chi connectivity index (χ2n) is 10.6. The van der Waals surface area contributed by atoms with E-state index in [1.54, 1.807) is 24.1 Å². The Morgan fingerprint density at radius 3 is 2.41 bits per heavy atom. The van der Waals surface area contributed by atoms with E-state index in [4.69, 9.17) is 4.74 Å². The van der Waals surface area contributed by atoms with Crippen molar-refractivity contribution in [3.63, 3.8) is 0 Å². The Morgan fingerprint density at radius 2 is 1.70 bits per heavy atom. The van der Waals surface area contributed by atoms with E-state index in [0.717, 1.165) is 71.9 Å². The highest BCUT2D eigenvalue weighted by Crippen LogP contribution is 2.34. The molecule has 37 heavy (non-hydrogen) atoms. The van der Waals surface area contributed by atoms with Crippen LogP contribution in [-0.4, -0.2) is 65.5 Å². The molecular formula is C29H34FN5O2. The fourth-order valence-corrected chi connectivity index (χ4v) is 6.11. The van der Waals surface area contributed by atoms with Gasteiger partial charge in [-0.2, -0.15) is 0 Å². The molecule has 0 bridgehead atoms. The molecule has 0 unspecified atom stereocenters. The minimum atomic E-state index is -0.198. The van der Waals surface area contributed by atoms with Crippen molar-refractivity contribution in [3.8, 4) is 11.1 Å². The van der Waals surface area contributed by atoms with Gasteiger partial charge in [0.1, 0.15) is 12.1 Å². The van der Waals surface area contributed by atoms with Gasteiger partial charge >= 0.3 is 0 Å². The third-order valence-electron chi connectivity index (χ3n) is 8.34. The van der Waals surface area contributed by atoms with Crippen molar-refractivity contribution < 1.29 is 9.13 Å². The number of aromatic nitrogens is 3. The van der Waals surface area contributed by atoms with E-state index in [2.05, 4.69) is 34.9 Å². The molecule has 6 rings (SSSR count). The topological polar surface area (TPSA) is 55.0 Å². The van der Waals surface area contributed by atoms with E-state index in [-0.39, 0.29) is 17.3 Å². The fraction of sp³-hybridized carbons (Fsp3) is 0.448. The van der Waals surface area contributed by atoms with Crippen molar-refractivity contribution in [1.82, 2.24) is 19.1 Å². The van der Waals surface area contributed by atoms with E-state index < -0.39 is 0 Å². The largest absolute Gasteiger partial charge is 0.381 e. The number of halogens is 1. The summed E-state index contributed by atoms with van der Waals surface area (Å²) in [6.07, 6.45) is 5.45. The van der Waals surface area contributed by atoms with Crippen molar-refractivity contribution in [1.29, 1.82) is 0 Å². The molecule has 0 radical (unpaired) electrons. The standard InChI is InChI=1S/C29H34FN5O2/c1-32(2)22-8-12-34(13-9-22)26-7-5-21(17-24(26)30)20-4-6-25-23(16-20)28-27(19-10-14-37-15-11-19)29(36)33(3)35(28)18-31-25/h4-7,16-19,22H,8-15H2,1-3H3. The number of benzene rings is 2. The van der Waals surface area contributed by atoms with Crippen LogP contribution in [0.4, 0.5) is 10.1 Å². The smallest absolute Gasteiger partial charge is 0.270 e. The van der Waals surface area contributed by atoms with Gasteiger partial charge < -0.3 is 14.5 Å². The van der Waals surface area contributed by atoms with Gasteiger partial charge in [0.05, 0.1) is 16.7 Å². The predicted octanol–water partition coefficient (Wildman–Crippen LogP) is 4.42. The molecule has 4 heterocycles. The summed E-state index contributed by atoms with van der Waals surface area (Å²) in [5, 5.41) is 0.912. The lowest BCUT2D eigenvalue weighted by Crippen LogP contribution is -2.42. The Labute approximate surface area is 216 Å². The van der Waals surface area contributed by atoms with E-state index >= 15 is 4.39 Å². The van der Waals surface area contributed by atoms with Crippen molar-refractivity contribution in [2.75, 3.05) is 45.3 Å². The molecular weight excluding hydrogens is 469 g/mol. The first-order valence-corrected chi connectivity index (χ1v) is 13.2. The first-order chi connectivity index (χ1) is 17.9. The maximum atomic E-state index is 15.4. The number of hydrogen-bond acceptors (Lipinski definition) is 5. The molecule has 0 spiro atoms. The molecule has 2 aromatic carbocycles. The minimum absolute atomic E-state index is 0.0139. The average molecular weight is 504 g/mol. The number of piperidine rings is 1. The van der Waals surface area contributed by atoms with Crippen LogP contribution in [0.15, 0.2) is 47.5 Å². The third-order valence-corrected chi connectivity index (χ3v) is 8.34. The number of nitrogens with zero attached hydrogens (tertiary/aromatic N) is 5. The van der Waals surface area contributed by atoms with Gasteiger partial charge in [-0.05, 0) is 81.1 Å². The summed E-state index contributed by atoms with van der Waals surface area (Å²) < 4.78 is 24.4. The maximum absolute atomic E-state index is 15.4. The molecule has 0 atom stereocenters. The number of rotatable bonds is 4. The SMILES string of the molecule is CN(C)C1CCN(c2ccc(-c3ccc4ncn5c(c(C6CCOCC6)c(=O)n5C)c4c3)cc2F)CC1. The number of hydrogen-bond donors (Lipinski definition) is 0. The van der Waals surface area contributed by atoms with Gasteiger partial charge in [0.15, 0.2) is 0 Å². The van der Waals surface area contributed by atoms with Crippen LogP contribution in [0.2, 0.25) is 0 Å². The van der Waals surface area contributed by atoms with Gasteiger partial charge in [-0.25, -0.2) is 18.6 Å². The molecule has 4 aromatic rings. The van der Waals surface area contributed by atoms with Crippen LogP contribution < -0.4 is 10.5 Å². The van der Waals surface area contributed by atoms with Crippen LogP contribution in [0.25, 0.3) is 27.5 Å². The van der Waals surface area contributed by atoms with E-state index in [0.29, 0.717) is 24.9 Å². The van der Waals surface area contributed by atoms with E-state index in [1.165, 1.54) is 0 Å². The zero-order valence-electron chi connectivity index (χ0n) is 21.8. The summed E-state index contributed by atoms with van der Waals surface area (Å²) in [6.45, 7) is 3.04. The van der Waals surface area contributed by atoms with Crippen molar-refractivity contribution in [3.05, 3.63) is 64.5 Å². The van der Waals surface area contributed by atoms with Gasteiger partial charge in [-0.3, -0.25) is 4.79 Å². The summed E-state index contributed by atoms with van der Waals surface area (Å²) in [6, 6.07) is 12.1. The number of aryl methyl sites for hydroxylation is 1. The van der Waals surface area contributed by atoms with Crippen LogP contribution in [0, 0.1) is 5.82 Å². The minimum Gasteiger partial charge on any atom is -0.381 e. The lowest BCUT2D eigenvalue weighted by molar-refractivity contribution is 0.0854. The normalized spacial score (nSPS) is 17.9.